The Morgan fingerprint density at radius 1 is 1.21 bits per heavy atom. The summed E-state index contributed by atoms with van der Waals surface area (Å²) in [5.41, 5.74) is 2.60. The van der Waals surface area contributed by atoms with Gasteiger partial charge in [-0.25, -0.2) is 0 Å². The molecular weight excluding hydrogens is 188 g/mol. The number of hydrogen-bond acceptors (Lipinski definition) is 1. The molecule has 0 aliphatic heterocycles. The SMILES string of the molecule is C=Cc1ccc(-c2cccc(C)c2)s1. The second-order valence-corrected chi connectivity index (χ2v) is 4.39. The zero-order chi connectivity index (χ0) is 9.97. The van der Waals surface area contributed by atoms with Gasteiger partial charge in [0.05, 0.1) is 0 Å². The maximum Gasteiger partial charge on any atom is 0.0349 e. The van der Waals surface area contributed by atoms with Crippen molar-refractivity contribution in [3.63, 3.8) is 0 Å². The minimum atomic E-state index is 1.22. The van der Waals surface area contributed by atoms with E-state index in [1.807, 2.05) is 6.08 Å². The highest BCUT2D eigenvalue weighted by atomic mass is 32.1. The van der Waals surface area contributed by atoms with Crippen molar-refractivity contribution in [2.75, 3.05) is 0 Å². The first-order valence-corrected chi connectivity index (χ1v) is 5.40. The molecule has 1 aromatic carbocycles. The first kappa shape index (κ1) is 9.22. The van der Waals surface area contributed by atoms with Crippen molar-refractivity contribution in [2.24, 2.45) is 0 Å². The molecule has 0 atom stereocenters. The van der Waals surface area contributed by atoms with E-state index in [1.54, 1.807) is 11.3 Å². The molecule has 0 aliphatic carbocycles. The molecule has 14 heavy (non-hydrogen) atoms. The Morgan fingerprint density at radius 2 is 2.07 bits per heavy atom. The van der Waals surface area contributed by atoms with E-state index in [2.05, 4.69) is 49.9 Å². The first-order chi connectivity index (χ1) is 6.79. The third-order valence-electron chi connectivity index (χ3n) is 2.13. The summed E-state index contributed by atoms with van der Waals surface area (Å²) in [5.74, 6) is 0. The number of benzene rings is 1. The third-order valence-corrected chi connectivity index (χ3v) is 3.26. The summed E-state index contributed by atoms with van der Waals surface area (Å²) in [7, 11) is 0. The average Bonchev–Trinajstić information content (AvgIpc) is 2.66. The molecule has 0 spiro atoms. The highest BCUT2D eigenvalue weighted by Crippen LogP contribution is 2.28. The van der Waals surface area contributed by atoms with Crippen LogP contribution in [0.4, 0.5) is 0 Å². The van der Waals surface area contributed by atoms with Crippen LogP contribution < -0.4 is 0 Å². The van der Waals surface area contributed by atoms with Crippen molar-refractivity contribution in [2.45, 2.75) is 6.92 Å². The Morgan fingerprint density at radius 3 is 2.71 bits per heavy atom. The van der Waals surface area contributed by atoms with Gasteiger partial charge in [0.15, 0.2) is 0 Å². The molecule has 0 radical (unpaired) electrons. The van der Waals surface area contributed by atoms with Gasteiger partial charge < -0.3 is 0 Å². The zero-order valence-corrected chi connectivity index (χ0v) is 8.97. The van der Waals surface area contributed by atoms with Crippen LogP contribution in [-0.4, -0.2) is 0 Å². The summed E-state index contributed by atoms with van der Waals surface area (Å²) in [5, 5.41) is 0. The highest BCUT2D eigenvalue weighted by molar-refractivity contribution is 7.16. The van der Waals surface area contributed by atoms with Gasteiger partial charge in [0, 0.05) is 9.75 Å². The van der Waals surface area contributed by atoms with Crippen LogP contribution in [0.1, 0.15) is 10.4 Å². The molecule has 2 rings (SSSR count). The highest BCUT2D eigenvalue weighted by Gasteiger charge is 2.00. The third kappa shape index (κ3) is 1.78. The summed E-state index contributed by atoms with van der Waals surface area (Å²) in [6, 6.07) is 12.8. The summed E-state index contributed by atoms with van der Waals surface area (Å²) >= 11 is 1.78. The predicted octanol–water partition coefficient (Wildman–Crippen LogP) is 4.37. The molecule has 0 saturated heterocycles. The van der Waals surface area contributed by atoms with Crippen LogP contribution in [0.3, 0.4) is 0 Å². The van der Waals surface area contributed by atoms with E-state index in [0.29, 0.717) is 0 Å². The molecule has 1 aromatic heterocycles. The van der Waals surface area contributed by atoms with Crippen molar-refractivity contribution in [3.8, 4) is 10.4 Å². The lowest BCUT2D eigenvalue weighted by molar-refractivity contribution is 1.48. The van der Waals surface area contributed by atoms with Gasteiger partial charge in [-0.15, -0.1) is 11.3 Å². The van der Waals surface area contributed by atoms with Gasteiger partial charge in [0.25, 0.3) is 0 Å². The van der Waals surface area contributed by atoms with E-state index < -0.39 is 0 Å². The Hall–Kier alpha value is -1.34. The smallest absolute Gasteiger partial charge is 0.0349 e. The monoisotopic (exact) mass is 200 g/mol. The first-order valence-electron chi connectivity index (χ1n) is 4.59. The van der Waals surface area contributed by atoms with Crippen LogP contribution in [0.25, 0.3) is 16.5 Å². The lowest BCUT2D eigenvalue weighted by atomic mass is 10.1. The van der Waals surface area contributed by atoms with E-state index >= 15 is 0 Å². The fourth-order valence-electron chi connectivity index (χ4n) is 1.42. The Bertz CT molecular complexity index is 452. The van der Waals surface area contributed by atoms with E-state index in [-0.39, 0.29) is 0 Å². The topological polar surface area (TPSA) is 0 Å². The molecular formula is C13H12S. The quantitative estimate of drug-likeness (QED) is 0.675. The Balaban J connectivity index is 2.43. The normalized spacial score (nSPS) is 10.1. The van der Waals surface area contributed by atoms with Gasteiger partial charge >= 0.3 is 0 Å². The summed E-state index contributed by atoms with van der Waals surface area (Å²) < 4.78 is 0. The van der Waals surface area contributed by atoms with Crippen LogP contribution in [0.15, 0.2) is 43.0 Å². The molecule has 0 aliphatic rings. The molecule has 0 nitrogen and oxygen atoms in total. The number of aryl methyl sites for hydroxylation is 1. The molecule has 1 heteroatoms. The van der Waals surface area contributed by atoms with Crippen LogP contribution in [0.5, 0.6) is 0 Å². The maximum absolute atomic E-state index is 3.77. The minimum absolute atomic E-state index is 1.22. The van der Waals surface area contributed by atoms with Gasteiger partial charge in [0.1, 0.15) is 0 Å². The van der Waals surface area contributed by atoms with E-state index in [0.717, 1.165) is 0 Å². The summed E-state index contributed by atoms with van der Waals surface area (Å²) in [6.45, 7) is 5.88. The van der Waals surface area contributed by atoms with Crippen LogP contribution in [-0.2, 0) is 0 Å². The van der Waals surface area contributed by atoms with E-state index in [9.17, 15) is 0 Å². The summed E-state index contributed by atoms with van der Waals surface area (Å²) in [4.78, 5) is 2.53. The van der Waals surface area contributed by atoms with Crippen LogP contribution in [0.2, 0.25) is 0 Å². The van der Waals surface area contributed by atoms with Gasteiger partial charge in [-0.1, -0.05) is 42.5 Å². The zero-order valence-electron chi connectivity index (χ0n) is 8.16. The van der Waals surface area contributed by atoms with E-state index in [4.69, 9.17) is 0 Å². The largest absolute Gasteiger partial charge is 0.136 e. The molecule has 0 fully saturated rings. The molecule has 0 unspecified atom stereocenters. The van der Waals surface area contributed by atoms with Crippen molar-refractivity contribution < 1.29 is 0 Å². The van der Waals surface area contributed by atoms with E-state index in [1.165, 1.54) is 20.9 Å². The van der Waals surface area contributed by atoms with Crippen molar-refractivity contribution in [3.05, 3.63) is 53.4 Å². The van der Waals surface area contributed by atoms with Gasteiger partial charge in [-0.3, -0.25) is 0 Å². The lowest BCUT2D eigenvalue weighted by Gasteiger charge is -1.97. The van der Waals surface area contributed by atoms with Crippen LogP contribution in [0, 0.1) is 6.92 Å². The maximum atomic E-state index is 3.77. The second kappa shape index (κ2) is 3.81. The molecule has 0 N–H and O–H groups in total. The molecule has 1 heterocycles. The van der Waals surface area contributed by atoms with Crippen molar-refractivity contribution in [1.29, 1.82) is 0 Å². The number of rotatable bonds is 2. The molecule has 0 amide bonds. The van der Waals surface area contributed by atoms with Crippen molar-refractivity contribution in [1.82, 2.24) is 0 Å². The van der Waals surface area contributed by atoms with Crippen molar-refractivity contribution >= 4 is 17.4 Å². The standard InChI is InChI=1S/C13H12S/c1-3-12-7-8-13(14-12)11-6-4-5-10(2)9-11/h3-9H,1H2,2H3. The number of hydrogen-bond donors (Lipinski definition) is 0. The second-order valence-electron chi connectivity index (χ2n) is 3.28. The molecule has 0 bridgehead atoms. The fourth-order valence-corrected chi connectivity index (χ4v) is 2.27. The Labute approximate surface area is 88.5 Å². The lowest BCUT2D eigenvalue weighted by Crippen LogP contribution is -1.73. The molecule has 0 saturated carbocycles. The minimum Gasteiger partial charge on any atom is -0.136 e. The van der Waals surface area contributed by atoms with Crippen LogP contribution >= 0.6 is 11.3 Å². The molecule has 70 valence electrons. The average molecular weight is 200 g/mol. The fraction of sp³-hybridized carbons (Fsp3) is 0.0769. The van der Waals surface area contributed by atoms with Gasteiger partial charge in [-0.05, 0) is 24.6 Å². The summed E-state index contributed by atoms with van der Waals surface area (Å²) in [6.07, 6.45) is 1.89. The van der Waals surface area contributed by atoms with Gasteiger partial charge in [0.2, 0.25) is 0 Å². The Kier molecular flexibility index (Phi) is 2.51. The molecule has 2 aromatic rings. The predicted molar refractivity (Wildman–Crippen MR) is 64.6 cm³/mol. The van der Waals surface area contributed by atoms with Gasteiger partial charge in [-0.2, -0.15) is 0 Å². The number of thiophene rings is 1.